The van der Waals surface area contributed by atoms with Gasteiger partial charge in [0.1, 0.15) is 0 Å². The molecule has 0 aliphatic rings. The molecule has 3 heteroatoms. The Bertz CT molecular complexity index is 304. The van der Waals surface area contributed by atoms with E-state index >= 15 is 0 Å². The van der Waals surface area contributed by atoms with Gasteiger partial charge < -0.3 is 5.32 Å². The number of hydrogen-bond acceptors (Lipinski definition) is 3. The molecule has 0 atom stereocenters. The number of carbonyl (C=O) groups is 1. The van der Waals surface area contributed by atoms with Crippen LogP contribution in [0.4, 0.5) is 0 Å². The van der Waals surface area contributed by atoms with Gasteiger partial charge in [0.2, 0.25) is 0 Å². The Morgan fingerprint density at radius 2 is 2.21 bits per heavy atom. The van der Waals surface area contributed by atoms with Crippen molar-refractivity contribution < 1.29 is 4.79 Å². The molecule has 1 aromatic heterocycles. The first-order valence-electron chi connectivity index (χ1n) is 4.79. The number of nitrogens with one attached hydrogen (secondary N) is 1. The van der Waals surface area contributed by atoms with E-state index in [0.717, 1.165) is 5.69 Å². The maximum absolute atomic E-state index is 11.6. The fourth-order valence-corrected chi connectivity index (χ4v) is 1.03. The minimum absolute atomic E-state index is 0.0891. The van der Waals surface area contributed by atoms with Crippen molar-refractivity contribution in [1.82, 2.24) is 10.3 Å². The molecule has 1 heterocycles. The highest BCUT2D eigenvalue weighted by atomic mass is 16.1. The molecule has 14 heavy (non-hydrogen) atoms. The van der Waals surface area contributed by atoms with Gasteiger partial charge in [-0.15, -0.1) is 0 Å². The molecule has 1 aromatic rings. The first-order chi connectivity index (χ1) is 6.59. The van der Waals surface area contributed by atoms with E-state index in [9.17, 15) is 4.79 Å². The van der Waals surface area contributed by atoms with E-state index in [1.54, 1.807) is 6.20 Å². The number of hydrogen-bond donors (Lipinski definition) is 1. The van der Waals surface area contributed by atoms with Gasteiger partial charge in [-0.3, -0.25) is 9.78 Å². The second-order valence-electron chi connectivity index (χ2n) is 3.65. The number of aryl methyl sites for hydroxylation is 1. The molecule has 0 fully saturated rings. The molecule has 0 aliphatic heterocycles. The molecule has 0 unspecified atom stereocenters. The molecule has 0 amide bonds. The fourth-order valence-electron chi connectivity index (χ4n) is 1.03. The van der Waals surface area contributed by atoms with Crippen LogP contribution in [0.3, 0.4) is 0 Å². The summed E-state index contributed by atoms with van der Waals surface area (Å²) in [6.07, 6.45) is 1.62. The second-order valence-corrected chi connectivity index (χ2v) is 3.65. The molecular formula is C11H16N2O. The largest absolute Gasteiger partial charge is 0.307 e. The smallest absolute Gasteiger partial charge is 0.178 e. The fraction of sp³-hybridized carbons (Fsp3) is 0.455. The molecule has 1 N–H and O–H groups in total. The highest BCUT2D eigenvalue weighted by Crippen LogP contribution is 1.99. The first kappa shape index (κ1) is 10.9. The van der Waals surface area contributed by atoms with Crippen LogP contribution in [-0.2, 0) is 0 Å². The summed E-state index contributed by atoms with van der Waals surface area (Å²) >= 11 is 0. The van der Waals surface area contributed by atoms with Crippen molar-refractivity contribution in [3.05, 3.63) is 29.6 Å². The predicted molar refractivity (Wildman–Crippen MR) is 56.4 cm³/mol. The summed E-state index contributed by atoms with van der Waals surface area (Å²) in [6.45, 7) is 6.31. The summed E-state index contributed by atoms with van der Waals surface area (Å²) < 4.78 is 0. The lowest BCUT2D eigenvalue weighted by molar-refractivity contribution is 0.0988. The molecule has 0 bridgehead atoms. The van der Waals surface area contributed by atoms with Gasteiger partial charge in [0.25, 0.3) is 0 Å². The van der Waals surface area contributed by atoms with E-state index < -0.39 is 0 Å². The zero-order valence-electron chi connectivity index (χ0n) is 8.87. The third kappa shape index (κ3) is 3.26. The van der Waals surface area contributed by atoms with E-state index in [1.165, 1.54) is 0 Å². The minimum atomic E-state index is 0.0891. The Labute approximate surface area is 84.6 Å². The lowest BCUT2D eigenvalue weighted by atomic mass is 10.2. The number of Topliss-reactive ketones (excluding diaryl/α,β-unsaturated/α-hetero) is 1. The molecule has 0 aromatic carbocycles. The highest BCUT2D eigenvalue weighted by molar-refractivity contribution is 5.97. The molecule has 0 aliphatic carbocycles. The highest BCUT2D eigenvalue weighted by Gasteiger charge is 2.05. The van der Waals surface area contributed by atoms with Gasteiger partial charge in [-0.1, -0.05) is 13.8 Å². The summed E-state index contributed by atoms with van der Waals surface area (Å²) in [5.74, 6) is 0.0891. The van der Waals surface area contributed by atoms with Crippen LogP contribution in [0.25, 0.3) is 0 Å². The molecule has 1 rings (SSSR count). The van der Waals surface area contributed by atoms with Crippen molar-refractivity contribution in [2.45, 2.75) is 26.8 Å². The van der Waals surface area contributed by atoms with E-state index in [1.807, 2.05) is 32.9 Å². The zero-order valence-corrected chi connectivity index (χ0v) is 8.87. The van der Waals surface area contributed by atoms with Crippen molar-refractivity contribution in [3.63, 3.8) is 0 Å². The number of rotatable bonds is 4. The number of ketones is 1. The summed E-state index contributed by atoms with van der Waals surface area (Å²) in [5, 5.41) is 3.08. The number of nitrogens with zero attached hydrogens (tertiary/aromatic N) is 1. The predicted octanol–water partition coefficient (Wildman–Crippen LogP) is 1.57. The van der Waals surface area contributed by atoms with Crippen LogP contribution in [0.2, 0.25) is 0 Å². The maximum Gasteiger partial charge on any atom is 0.178 e. The average molecular weight is 192 g/mol. The average Bonchev–Trinajstić information content (AvgIpc) is 2.15. The van der Waals surface area contributed by atoms with Crippen molar-refractivity contribution >= 4 is 5.78 Å². The monoisotopic (exact) mass is 192 g/mol. The third-order valence-corrected chi connectivity index (χ3v) is 1.90. The molecule has 76 valence electrons. The molecule has 3 nitrogen and oxygen atoms in total. The Kier molecular flexibility index (Phi) is 3.77. The summed E-state index contributed by atoms with van der Waals surface area (Å²) in [7, 11) is 0. The van der Waals surface area contributed by atoms with Crippen LogP contribution < -0.4 is 5.32 Å². The quantitative estimate of drug-likeness (QED) is 0.736. The molecule has 0 radical (unpaired) electrons. The van der Waals surface area contributed by atoms with Crippen molar-refractivity contribution in [2.75, 3.05) is 6.54 Å². The third-order valence-electron chi connectivity index (χ3n) is 1.90. The van der Waals surface area contributed by atoms with Crippen LogP contribution >= 0.6 is 0 Å². The van der Waals surface area contributed by atoms with Gasteiger partial charge >= 0.3 is 0 Å². The lowest BCUT2D eigenvalue weighted by Crippen LogP contribution is -2.29. The topological polar surface area (TPSA) is 42.0 Å². The van der Waals surface area contributed by atoms with Crippen molar-refractivity contribution in [3.8, 4) is 0 Å². The molecule has 0 saturated carbocycles. The first-order valence-corrected chi connectivity index (χ1v) is 4.79. The van der Waals surface area contributed by atoms with Crippen molar-refractivity contribution in [1.29, 1.82) is 0 Å². The van der Waals surface area contributed by atoms with Crippen LogP contribution in [0.15, 0.2) is 18.3 Å². The molecular weight excluding hydrogens is 176 g/mol. The number of aromatic nitrogens is 1. The van der Waals surface area contributed by atoms with Gasteiger partial charge in [-0.25, -0.2) is 0 Å². The van der Waals surface area contributed by atoms with E-state index in [0.29, 0.717) is 18.2 Å². The Morgan fingerprint density at radius 1 is 1.50 bits per heavy atom. The zero-order chi connectivity index (χ0) is 10.6. The van der Waals surface area contributed by atoms with Crippen LogP contribution in [0.5, 0.6) is 0 Å². The van der Waals surface area contributed by atoms with E-state index in [4.69, 9.17) is 0 Å². The van der Waals surface area contributed by atoms with E-state index in [-0.39, 0.29) is 5.78 Å². The number of carbonyl (C=O) groups excluding carboxylic acids is 1. The standard InChI is InChI=1S/C11H16N2O/c1-8(2)12-7-11(14)10-5-4-9(3)13-6-10/h4-6,8,12H,7H2,1-3H3. The van der Waals surface area contributed by atoms with Crippen molar-refractivity contribution in [2.24, 2.45) is 0 Å². The van der Waals surface area contributed by atoms with Gasteiger partial charge in [0, 0.05) is 23.5 Å². The Balaban J connectivity index is 2.57. The van der Waals surface area contributed by atoms with E-state index in [2.05, 4.69) is 10.3 Å². The SMILES string of the molecule is Cc1ccc(C(=O)CNC(C)C)cn1. The van der Waals surface area contributed by atoms with Gasteiger partial charge in [0.15, 0.2) is 5.78 Å². The summed E-state index contributed by atoms with van der Waals surface area (Å²) in [6, 6.07) is 3.99. The normalized spacial score (nSPS) is 10.6. The van der Waals surface area contributed by atoms with Gasteiger partial charge in [-0.05, 0) is 19.1 Å². The minimum Gasteiger partial charge on any atom is -0.307 e. The Hall–Kier alpha value is -1.22. The summed E-state index contributed by atoms with van der Waals surface area (Å²) in [4.78, 5) is 15.6. The summed E-state index contributed by atoms with van der Waals surface area (Å²) in [5.41, 5.74) is 1.60. The second kappa shape index (κ2) is 4.86. The Morgan fingerprint density at radius 3 is 2.71 bits per heavy atom. The maximum atomic E-state index is 11.6. The van der Waals surface area contributed by atoms with Crippen LogP contribution in [0, 0.1) is 6.92 Å². The van der Waals surface area contributed by atoms with Gasteiger partial charge in [0.05, 0.1) is 6.54 Å². The molecule has 0 spiro atoms. The van der Waals surface area contributed by atoms with Gasteiger partial charge in [-0.2, -0.15) is 0 Å². The van der Waals surface area contributed by atoms with Crippen LogP contribution in [0.1, 0.15) is 29.9 Å². The lowest BCUT2D eigenvalue weighted by Gasteiger charge is -2.06. The number of pyridine rings is 1. The molecule has 0 saturated heterocycles. The van der Waals surface area contributed by atoms with Crippen LogP contribution in [-0.4, -0.2) is 23.4 Å².